The molecular formula is C18H14ClN3O3. The molecule has 0 spiro atoms. The second-order valence-corrected chi connectivity index (χ2v) is 5.51. The van der Waals surface area contributed by atoms with Crippen molar-refractivity contribution in [2.75, 3.05) is 5.32 Å². The summed E-state index contributed by atoms with van der Waals surface area (Å²) in [4.78, 5) is 28.6. The number of halogens is 1. The molecule has 0 bridgehead atoms. The molecule has 2 aromatic heterocycles. The molecule has 2 amide bonds. The van der Waals surface area contributed by atoms with Crippen molar-refractivity contribution >= 4 is 29.1 Å². The fourth-order valence-corrected chi connectivity index (χ4v) is 2.29. The molecule has 7 heteroatoms. The quantitative estimate of drug-likeness (QED) is 0.733. The number of hydrogen-bond acceptors (Lipinski definition) is 4. The Morgan fingerprint density at radius 3 is 2.44 bits per heavy atom. The van der Waals surface area contributed by atoms with Gasteiger partial charge in [0, 0.05) is 0 Å². The van der Waals surface area contributed by atoms with Gasteiger partial charge in [-0.05, 0) is 36.4 Å². The summed E-state index contributed by atoms with van der Waals surface area (Å²) in [6.07, 6.45) is 1.53. The zero-order valence-corrected chi connectivity index (χ0v) is 13.8. The Labute approximate surface area is 148 Å². The molecule has 0 aliphatic rings. The smallest absolute Gasteiger partial charge is 0.274 e. The Bertz CT molecular complexity index is 894. The molecule has 3 rings (SSSR count). The van der Waals surface area contributed by atoms with Gasteiger partial charge < -0.3 is 15.1 Å². The van der Waals surface area contributed by atoms with Crippen molar-refractivity contribution in [3.63, 3.8) is 0 Å². The Hall–Kier alpha value is -3.12. The van der Waals surface area contributed by atoms with Crippen LogP contribution in [0.2, 0.25) is 5.02 Å². The zero-order valence-electron chi connectivity index (χ0n) is 13.0. The molecule has 0 saturated heterocycles. The lowest BCUT2D eigenvalue weighted by atomic mass is 10.2. The highest BCUT2D eigenvalue weighted by Crippen LogP contribution is 2.20. The summed E-state index contributed by atoms with van der Waals surface area (Å²) in [7, 11) is 0. The van der Waals surface area contributed by atoms with Gasteiger partial charge in [0.15, 0.2) is 0 Å². The maximum Gasteiger partial charge on any atom is 0.274 e. The largest absolute Gasteiger partial charge is 0.467 e. The first-order valence-electron chi connectivity index (χ1n) is 7.47. The van der Waals surface area contributed by atoms with Crippen molar-refractivity contribution in [1.82, 2.24) is 10.3 Å². The highest BCUT2D eigenvalue weighted by Gasteiger charge is 2.13. The van der Waals surface area contributed by atoms with E-state index in [2.05, 4.69) is 15.6 Å². The summed E-state index contributed by atoms with van der Waals surface area (Å²) in [5.41, 5.74) is 0.729. The molecule has 6 nitrogen and oxygen atoms in total. The predicted octanol–water partition coefficient (Wildman–Crippen LogP) is 3.51. The first-order chi connectivity index (χ1) is 12.1. The molecule has 0 saturated carbocycles. The van der Waals surface area contributed by atoms with Gasteiger partial charge in [0.05, 0.1) is 23.5 Å². The van der Waals surface area contributed by atoms with E-state index in [1.165, 1.54) is 18.4 Å². The summed E-state index contributed by atoms with van der Waals surface area (Å²) in [5.74, 6) is -0.224. The van der Waals surface area contributed by atoms with Crippen LogP contribution in [0.25, 0.3) is 0 Å². The number of carbonyl (C=O) groups is 2. The third-order valence-electron chi connectivity index (χ3n) is 3.34. The molecular weight excluding hydrogens is 342 g/mol. The van der Waals surface area contributed by atoms with Gasteiger partial charge in [-0.3, -0.25) is 9.59 Å². The van der Waals surface area contributed by atoms with Crippen LogP contribution in [0.3, 0.4) is 0 Å². The van der Waals surface area contributed by atoms with Crippen LogP contribution in [0.1, 0.15) is 26.7 Å². The second-order valence-electron chi connectivity index (χ2n) is 5.10. The molecule has 126 valence electrons. The third kappa shape index (κ3) is 4.24. The number of aromatic nitrogens is 1. The van der Waals surface area contributed by atoms with E-state index in [-0.39, 0.29) is 17.9 Å². The van der Waals surface area contributed by atoms with Gasteiger partial charge in [-0.15, -0.1) is 0 Å². The van der Waals surface area contributed by atoms with E-state index in [9.17, 15) is 9.59 Å². The van der Waals surface area contributed by atoms with Gasteiger partial charge in [0.2, 0.25) is 0 Å². The van der Waals surface area contributed by atoms with Crippen LogP contribution in [0.5, 0.6) is 0 Å². The van der Waals surface area contributed by atoms with Crippen LogP contribution < -0.4 is 10.6 Å². The number of nitrogens with zero attached hydrogens (tertiary/aromatic N) is 1. The number of anilines is 1. The molecule has 2 heterocycles. The van der Waals surface area contributed by atoms with E-state index in [0.29, 0.717) is 16.5 Å². The van der Waals surface area contributed by atoms with Gasteiger partial charge in [-0.1, -0.05) is 29.8 Å². The van der Waals surface area contributed by atoms with Crippen molar-refractivity contribution in [2.24, 2.45) is 0 Å². The molecule has 0 aliphatic carbocycles. The van der Waals surface area contributed by atoms with Crippen molar-refractivity contribution < 1.29 is 14.0 Å². The number of amides is 2. The van der Waals surface area contributed by atoms with Crippen molar-refractivity contribution in [1.29, 1.82) is 0 Å². The van der Waals surface area contributed by atoms with Gasteiger partial charge in [-0.2, -0.15) is 0 Å². The Balaban J connectivity index is 1.69. The number of hydrogen-bond donors (Lipinski definition) is 2. The van der Waals surface area contributed by atoms with E-state index in [0.717, 1.165) is 0 Å². The van der Waals surface area contributed by atoms with Crippen LogP contribution in [-0.2, 0) is 6.54 Å². The van der Waals surface area contributed by atoms with Crippen molar-refractivity contribution in [3.05, 3.63) is 83.0 Å². The van der Waals surface area contributed by atoms with E-state index >= 15 is 0 Å². The maximum atomic E-state index is 12.3. The third-order valence-corrected chi connectivity index (χ3v) is 3.67. The topological polar surface area (TPSA) is 84.2 Å². The van der Waals surface area contributed by atoms with Crippen LogP contribution >= 0.6 is 11.6 Å². The number of pyridine rings is 1. The highest BCUT2D eigenvalue weighted by atomic mass is 35.5. The summed E-state index contributed by atoms with van der Waals surface area (Å²) in [6, 6.07) is 15.0. The Morgan fingerprint density at radius 1 is 0.960 bits per heavy atom. The number of carbonyl (C=O) groups excluding carboxylic acids is 2. The molecule has 0 fully saturated rings. The van der Waals surface area contributed by atoms with Crippen molar-refractivity contribution in [3.8, 4) is 0 Å². The molecule has 0 aliphatic heterocycles. The molecule has 1 aromatic carbocycles. The molecule has 0 radical (unpaired) electrons. The lowest BCUT2D eigenvalue weighted by molar-refractivity contribution is 0.0943. The minimum atomic E-state index is -0.450. The monoisotopic (exact) mass is 355 g/mol. The normalized spacial score (nSPS) is 10.3. The predicted molar refractivity (Wildman–Crippen MR) is 93.5 cm³/mol. The van der Waals surface area contributed by atoms with Crippen LogP contribution in [-0.4, -0.2) is 16.8 Å². The first-order valence-corrected chi connectivity index (χ1v) is 7.85. The number of para-hydroxylation sites is 1. The van der Waals surface area contributed by atoms with Gasteiger partial charge in [0.1, 0.15) is 17.1 Å². The van der Waals surface area contributed by atoms with E-state index in [4.69, 9.17) is 16.0 Å². The van der Waals surface area contributed by atoms with E-state index in [1.807, 2.05) is 0 Å². The summed E-state index contributed by atoms with van der Waals surface area (Å²) >= 11 is 6.02. The molecule has 3 aromatic rings. The number of nitrogens with one attached hydrogen (secondary N) is 2. The summed E-state index contributed by atoms with van der Waals surface area (Å²) in [5, 5.41) is 5.76. The minimum absolute atomic E-state index is 0.116. The van der Waals surface area contributed by atoms with Gasteiger partial charge in [-0.25, -0.2) is 4.98 Å². The highest BCUT2D eigenvalue weighted by molar-refractivity contribution is 6.33. The Kier molecular flexibility index (Phi) is 5.11. The molecule has 25 heavy (non-hydrogen) atoms. The molecule has 0 atom stereocenters. The van der Waals surface area contributed by atoms with Crippen molar-refractivity contribution in [2.45, 2.75) is 6.54 Å². The zero-order chi connectivity index (χ0) is 17.6. The first kappa shape index (κ1) is 16.7. The molecule has 0 unspecified atom stereocenters. The average Bonchev–Trinajstić information content (AvgIpc) is 3.15. The summed E-state index contributed by atoms with van der Waals surface area (Å²) in [6.45, 7) is 0.240. The lowest BCUT2D eigenvalue weighted by Crippen LogP contribution is -2.24. The molecule has 2 N–H and O–H groups in total. The standard InChI is InChI=1S/C18H14ClN3O3/c19-13-6-1-2-7-14(13)22-18(24)16-9-3-8-15(21-16)17(23)20-11-12-5-4-10-25-12/h1-10H,11H2,(H,20,23)(H,22,24). The fourth-order valence-electron chi connectivity index (χ4n) is 2.11. The van der Waals surface area contributed by atoms with Crippen LogP contribution in [0.15, 0.2) is 65.3 Å². The lowest BCUT2D eigenvalue weighted by Gasteiger charge is -2.08. The van der Waals surface area contributed by atoms with Gasteiger partial charge >= 0.3 is 0 Å². The van der Waals surface area contributed by atoms with Crippen LogP contribution in [0.4, 0.5) is 5.69 Å². The Morgan fingerprint density at radius 2 is 1.72 bits per heavy atom. The van der Waals surface area contributed by atoms with Gasteiger partial charge in [0.25, 0.3) is 11.8 Å². The number of furan rings is 1. The maximum absolute atomic E-state index is 12.3. The number of rotatable bonds is 5. The average molecular weight is 356 g/mol. The summed E-state index contributed by atoms with van der Waals surface area (Å²) < 4.78 is 5.15. The fraction of sp³-hybridized carbons (Fsp3) is 0.0556. The second kappa shape index (κ2) is 7.63. The minimum Gasteiger partial charge on any atom is -0.467 e. The SMILES string of the molecule is O=C(NCc1ccco1)c1cccc(C(=O)Nc2ccccc2Cl)n1. The van der Waals surface area contributed by atoms with E-state index < -0.39 is 11.8 Å². The van der Waals surface area contributed by atoms with Crippen LogP contribution in [0, 0.1) is 0 Å². The number of benzene rings is 1. The van der Waals surface area contributed by atoms with E-state index in [1.54, 1.807) is 42.5 Å².